The van der Waals surface area contributed by atoms with Crippen LogP contribution in [0.1, 0.15) is 149 Å². The number of hydrogen-bond donors (Lipinski definition) is 10. The van der Waals surface area contributed by atoms with Crippen molar-refractivity contribution in [3.05, 3.63) is 166 Å². The molecule has 548 valence electrons. The van der Waals surface area contributed by atoms with Gasteiger partial charge >= 0.3 is 5.97 Å². The van der Waals surface area contributed by atoms with Crippen molar-refractivity contribution in [2.45, 2.75) is 127 Å². The van der Waals surface area contributed by atoms with Crippen LogP contribution >= 0.6 is 0 Å². The Balaban J connectivity index is 0.000000164. The van der Waals surface area contributed by atoms with E-state index in [1.165, 1.54) is 47.0 Å². The summed E-state index contributed by atoms with van der Waals surface area (Å²) in [5, 5.41) is 49.7. The number of β-amino-alcohol motifs (C(OH)–C–C–N with tert-alkyl or cyclic N) is 2. The van der Waals surface area contributed by atoms with Crippen molar-refractivity contribution in [2.75, 3.05) is 86.7 Å². The number of hydrogen-bond acceptors (Lipinski definition) is 25. The van der Waals surface area contributed by atoms with Crippen molar-refractivity contribution in [3.63, 3.8) is 0 Å². The largest absolute Gasteiger partial charge is 0.481 e. The lowest BCUT2D eigenvalue weighted by Gasteiger charge is -2.40. The number of carbonyl (C=O) groups is 12. The Kier molecular flexibility index (Phi) is 23.5. The summed E-state index contributed by atoms with van der Waals surface area (Å²) in [6, 6.07) is 27.7. The van der Waals surface area contributed by atoms with E-state index in [2.05, 4.69) is 103 Å². The summed E-state index contributed by atoms with van der Waals surface area (Å²) in [5.74, 6) is -4.84. The van der Waals surface area contributed by atoms with E-state index in [0.717, 1.165) is 61.9 Å². The number of piperidine rings is 2. The maximum absolute atomic E-state index is 13.3. The van der Waals surface area contributed by atoms with E-state index in [0.29, 0.717) is 73.8 Å². The predicted octanol–water partition coefficient (Wildman–Crippen LogP) is 2.60. The number of carboxylic acid groups (broad SMARTS) is 1. The number of fused-ring (bicyclic) bond motifs is 4. The van der Waals surface area contributed by atoms with E-state index in [1.807, 2.05) is 12.1 Å². The van der Waals surface area contributed by atoms with Crippen LogP contribution in [0.5, 0.6) is 0 Å². The molecule has 0 bridgehead atoms. The molecule has 4 saturated heterocycles. The van der Waals surface area contributed by atoms with Gasteiger partial charge in [0.1, 0.15) is 47.8 Å². The molecule has 2 aromatic heterocycles. The molecule has 6 aromatic rings. The lowest BCUT2D eigenvalue weighted by Crippen LogP contribution is -2.57. The van der Waals surface area contributed by atoms with Crippen LogP contribution in [0.3, 0.4) is 0 Å². The zero-order chi connectivity index (χ0) is 73.8. The van der Waals surface area contributed by atoms with E-state index in [1.54, 1.807) is 41.3 Å². The highest BCUT2D eigenvalue weighted by atomic mass is 16.4. The van der Waals surface area contributed by atoms with Gasteiger partial charge in [0.15, 0.2) is 11.6 Å². The number of carbonyl (C=O) groups excluding carboxylic acids is 11. The second-order valence-electron chi connectivity index (χ2n) is 27.1. The Labute approximate surface area is 603 Å². The van der Waals surface area contributed by atoms with E-state index >= 15 is 0 Å². The van der Waals surface area contributed by atoms with Gasteiger partial charge in [-0.2, -0.15) is 0 Å². The van der Waals surface area contributed by atoms with Gasteiger partial charge in [-0.3, -0.25) is 87.8 Å². The minimum atomic E-state index is -1.06. The first-order valence-corrected chi connectivity index (χ1v) is 35.3. The zero-order valence-corrected chi connectivity index (χ0v) is 57.6. The quantitative estimate of drug-likeness (QED) is 0.0275. The minimum Gasteiger partial charge on any atom is -0.481 e. The van der Waals surface area contributed by atoms with Crippen molar-refractivity contribution < 1.29 is 72.9 Å². The van der Waals surface area contributed by atoms with E-state index in [-0.39, 0.29) is 116 Å². The van der Waals surface area contributed by atoms with Crippen molar-refractivity contribution in [1.82, 2.24) is 60.4 Å². The first kappa shape index (κ1) is 73.6. The highest BCUT2D eigenvalue weighted by molar-refractivity contribution is 6.26. The molecule has 2 unspecified atom stereocenters. The molecule has 8 aliphatic heterocycles. The van der Waals surface area contributed by atoms with Gasteiger partial charge in [-0.25, -0.2) is 19.9 Å². The van der Waals surface area contributed by atoms with Crippen LogP contribution in [0.25, 0.3) is 0 Å². The predicted molar refractivity (Wildman–Crippen MR) is 378 cm³/mol. The van der Waals surface area contributed by atoms with Crippen LogP contribution in [-0.2, 0) is 54.7 Å². The molecule has 10 heterocycles. The van der Waals surface area contributed by atoms with Crippen molar-refractivity contribution in [2.24, 2.45) is 0 Å². The first-order chi connectivity index (χ1) is 50.7. The van der Waals surface area contributed by atoms with E-state index < -0.39 is 77.5 Å². The fourth-order valence-electron chi connectivity index (χ4n) is 13.9. The molecule has 4 fully saturated rings. The fourth-order valence-corrected chi connectivity index (χ4v) is 13.9. The molecular formula is C74H82N16O15. The number of rotatable bonds is 26. The van der Waals surface area contributed by atoms with E-state index in [9.17, 15) is 67.7 Å². The zero-order valence-electron chi connectivity index (χ0n) is 57.6. The summed E-state index contributed by atoms with van der Waals surface area (Å²) in [7, 11) is 0. The van der Waals surface area contributed by atoms with Crippen molar-refractivity contribution >= 4 is 93.7 Å². The SMILES string of the molecule is O=C(CC[C@H](O)CN1CCc2ccccc2C1)c1cc(NC2CNC2)ncn1.O=C(O)CCNc1cccc2c1C(=O)N(C1CCC(=O)NC1=O)C2=O.O=C1CCC(N2C(=O)c3cccc(NCCC(=O)N4CC(Nc5cc(C(=O)CC[C@H](O)CN6CCc7ccccc7C6)ncn5)C4)c3C2=O)C(=O)N1. The summed E-state index contributed by atoms with van der Waals surface area (Å²) in [5.41, 5.74) is 7.32. The number of aromatic nitrogens is 4. The number of likely N-dealkylation sites (tertiary alicyclic amines) is 1. The number of aliphatic hydroxyl groups is 2. The molecule has 0 radical (unpaired) electrons. The van der Waals surface area contributed by atoms with Crippen LogP contribution in [0.2, 0.25) is 0 Å². The maximum Gasteiger partial charge on any atom is 0.305 e. The summed E-state index contributed by atoms with van der Waals surface area (Å²) in [6.07, 6.45) is 4.99. The number of ketones is 2. The Morgan fingerprint density at radius 3 is 1.40 bits per heavy atom. The number of nitrogens with zero attached hydrogens (tertiary/aromatic N) is 9. The molecule has 4 atom stereocenters. The topological polar surface area (TPSA) is 417 Å². The molecule has 8 aliphatic rings. The highest BCUT2D eigenvalue weighted by Gasteiger charge is 2.47. The van der Waals surface area contributed by atoms with Gasteiger partial charge < -0.3 is 46.8 Å². The Morgan fingerprint density at radius 1 is 0.514 bits per heavy atom. The summed E-state index contributed by atoms with van der Waals surface area (Å²) < 4.78 is 0. The average Bonchev–Trinajstić information content (AvgIpc) is 1.61. The monoisotopic (exact) mass is 1430 g/mol. The van der Waals surface area contributed by atoms with Gasteiger partial charge in [-0.1, -0.05) is 60.7 Å². The Bertz CT molecular complexity index is 4370. The lowest BCUT2D eigenvalue weighted by atomic mass is 9.99. The van der Waals surface area contributed by atoms with Crippen LogP contribution in [0, 0.1) is 0 Å². The molecule has 14 rings (SSSR count). The van der Waals surface area contributed by atoms with Crippen LogP contribution < -0.4 is 37.2 Å². The molecule has 10 N–H and O–H groups in total. The van der Waals surface area contributed by atoms with Gasteiger partial charge in [0.05, 0.1) is 53.0 Å². The third kappa shape index (κ3) is 17.9. The molecule has 105 heavy (non-hydrogen) atoms. The number of aliphatic carboxylic acids is 1. The molecule has 0 aliphatic carbocycles. The molecular weight excluding hydrogens is 1350 g/mol. The number of Topliss-reactive ketones (excluding diaryl/α,β-unsaturated/α-hetero) is 2. The van der Waals surface area contributed by atoms with Gasteiger partial charge in [0, 0.05) is 134 Å². The van der Waals surface area contributed by atoms with Crippen LogP contribution in [0.15, 0.2) is 110 Å². The van der Waals surface area contributed by atoms with Gasteiger partial charge in [-0.05, 0) is 85.0 Å². The third-order valence-corrected chi connectivity index (χ3v) is 19.6. The second kappa shape index (κ2) is 33.5. The van der Waals surface area contributed by atoms with Gasteiger partial charge in [-0.15, -0.1) is 0 Å². The molecule has 4 aromatic carbocycles. The van der Waals surface area contributed by atoms with E-state index in [4.69, 9.17) is 5.11 Å². The highest BCUT2D eigenvalue weighted by Crippen LogP contribution is 2.35. The fraction of sp³-hybridized carbons (Fsp3) is 0.405. The molecule has 31 nitrogen and oxygen atoms in total. The molecule has 31 heteroatoms. The minimum absolute atomic E-state index is 0.0333. The Hall–Kier alpha value is -11.1. The van der Waals surface area contributed by atoms with Crippen LogP contribution in [-0.4, -0.2) is 232 Å². The van der Waals surface area contributed by atoms with Crippen LogP contribution in [0.4, 0.5) is 23.0 Å². The molecule has 0 saturated carbocycles. The summed E-state index contributed by atoms with van der Waals surface area (Å²) >= 11 is 0. The number of nitrogens with one attached hydrogen (secondary N) is 7. The number of anilines is 4. The standard InChI is InChI=1S/C37H40N8O7.C21H27N5O2.C16H15N3O6/c46-25(20-43-15-13-22-4-1-2-5-23(22)17-43)8-10-30(47)28-16-31(40-21-39-28)41-24-18-44(19-24)33(49)12-14-38-27-7-3-6-26-34(27)37(52)45(36(26)51)29-9-11-32(48)42-35(29)50;27-18(13-26-8-7-15-3-1-2-4-16(15)12-26)5-6-20(28)19-9-21(24-14-23-19)25-17-10-22-11-17;20-11-5-4-10(14(23)18-11)19-15(24)8-2-1-3-9(13(8)16(19)25)17-7-6-12(21)22/h1-7,16,21,24-25,29,38,46H,8-15,17-20H2,(H,39,40,41)(H,42,48,50);1-4,9,14,17-18,22,27H,5-8,10-13H2,(H,23,24,25);1-3,10,17H,4-7H2,(H,21,22)(H,18,20,23)/t25-,29?;18-;/m00./s1. The lowest BCUT2D eigenvalue weighted by molar-refractivity contribution is -0.137. The van der Waals surface area contributed by atoms with Gasteiger partial charge in [0.25, 0.3) is 23.6 Å². The average molecular weight is 1440 g/mol. The number of carboxylic acids is 1. The first-order valence-electron chi connectivity index (χ1n) is 35.3. The molecule has 0 spiro atoms. The smallest absolute Gasteiger partial charge is 0.305 e. The summed E-state index contributed by atoms with van der Waals surface area (Å²) in [4.78, 5) is 172. The van der Waals surface area contributed by atoms with Gasteiger partial charge in [0.2, 0.25) is 29.5 Å². The molecule has 9 amide bonds. The summed E-state index contributed by atoms with van der Waals surface area (Å²) in [6.45, 7) is 7.54. The number of benzene rings is 4. The second-order valence-corrected chi connectivity index (χ2v) is 27.1. The third-order valence-electron chi connectivity index (χ3n) is 19.6. The van der Waals surface area contributed by atoms with Crippen molar-refractivity contribution in [1.29, 1.82) is 0 Å². The Morgan fingerprint density at radius 2 is 0.962 bits per heavy atom. The van der Waals surface area contributed by atoms with Crippen molar-refractivity contribution in [3.8, 4) is 0 Å². The number of imide groups is 4. The maximum atomic E-state index is 13.3. The number of aliphatic hydroxyl groups excluding tert-OH is 2. The normalized spacial score (nSPS) is 19.2. The number of amides is 9.